The van der Waals surface area contributed by atoms with Gasteiger partial charge in [0.1, 0.15) is 0 Å². The number of aryl methyl sites for hydroxylation is 1. The number of rotatable bonds is 2. The first-order valence-electron chi connectivity index (χ1n) is 6.04. The van der Waals surface area contributed by atoms with E-state index in [0.717, 1.165) is 18.4 Å². The molecule has 0 radical (unpaired) electrons. The summed E-state index contributed by atoms with van der Waals surface area (Å²) >= 11 is 4.91. The molecule has 0 aromatic heterocycles. The van der Waals surface area contributed by atoms with E-state index in [4.69, 9.17) is 12.2 Å². The van der Waals surface area contributed by atoms with Gasteiger partial charge >= 0.3 is 0 Å². The molecule has 6 heteroatoms. The highest BCUT2D eigenvalue weighted by Crippen LogP contribution is 2.28. The molecule has 2 amide bonds. The highest BCUT2D eigenvalue weighted by atomic mass is 32.1. The average Bonchev–Trinajstić information content (AvgIpc) is 3.20. The lowest BCUT2D eigenvalue weighted by Crippen LogP contribution is -2.48. The van der Waals surface area contributed by atoms with Crippen molar-refractivity contribution < 1.29 is 9.59 Å². The number of benzene rings is 1. The molecule has 1 saturated carbocycles. The lowest BCUT2D eigenvalue weighted by atomic mass is 10.1. The molecule has 1 fully saturated rings. The Morgan fingerprint density at radius 1 is 1.26 bits per heavy atom. The standard InChI is InChI=1S/C13H15N3O2S/c1-8-3-2-4-10(7-8)12(18)15-16-13(19)14-11(17)9-5-6-9/h2-4,7,9H,5-6H2,1H3,(H,15,18)(H2,14,16,17,19). The number of thiocarbonyl (C=S) groups is 1. The molecule has 0 unspecified atom stereocenters. The fourth-order valence-corrected chi connectivity index (χ4v) is 1.71. The topological polar surface area (TPSA) is 70.2 Å². The van der Waals surface area contributed by atoms with Gasteiger partial charge in [-0.3, -0.25) is 20.4 Å². The SMILES string of the molecule is Cc1cccc(C(=O)NNC(=S)NC(=O)C2CC2)c1. The zero-order valence-corrected chi connectivity index (χ0v) is 11.3. The van der Waals surface area contributed by atoms with Gasteiger partial charge in [0, 0.05) is 11.5 Å². The van der Waals surface area contributed by atoms with Crippen molar-refractivity contribution in [1.82, 2.24) is 16.2 Å². The van der Waals surface area contributed by atoms with Crippen molar-refractivity contribution in [1.29, 1.82) is 0 Å². The van der Waals surface area contributed by atoms with Crippen molar-refractivity contribution in [3.8, 4) is 0 Å². The van der Waals surface area contributed by atoms with Crippen LogP contribution >= 0.6 is 12.2 Å². The van der Waals surface area contributed by atoms with Crippen LogP contribution in [0.25, 0.3) is 0 Å². The summed E-state index contributed by atoms with van der Waals surface area (Å²) in [6.45, 7) is 1.91. The molecule has 19 heavy (non-hydrogen) atoms. The van der Waals surface area contributed by atoms with Crippen LogP contribution in [0, 0.1) is 12.8 Å². The zero-order valence-electron chi connectivity index (χ0n) is 10.5. The average molecular weight is 277 g/mol. The molecule has 0 saturated heterocycles. The van der Waals surface area contributed by atoms with Crippen LogP contribution in [-0.4, -0.2) is 16.9 Å². The van der Waals surface area contributed by atoms with Gasteiger partial charge in [-0.25, -0.2) is 0 Å². The van der Waals surface area contributed by atoms with Gasteiger partial charge in [-0.1, -0.05) is 17.7 Å². The zero-order chi connectivity index (χ0) is 13.8. The summed E-state index contributed by atoms with van der Waals surface area (Å²) in [5.41, 5.74) is 6.49. The maximum atomic E-state index is 11.8. The van der Waals surface area contributed by atoms with Gasteiger partial charge in [0.25, 0.3) is 5.91 Å². The van der Waals surface area contributed by atoms with Crippen molar-refractivity contribution in [2.45, 2.75) is 19.8 Å². The molecule has 0 aliphatic heterocycles. The molecule has 0 bridgehead atoms. The minimum absolute atomic E-state index is 0.0761. The summed E-state index contributed by atoms with van der Waals surface area (Å²) in [5, 5.41) is 2.64. The van der Waals surface area contributed by atoms with Crippen LogP contribution in [0.5, 0.6) is 0 Å². The normalized spacial score (nSPS) is 13.5. The first-order valence-corrected chi connectivity index (χ1v) is 6.45. The van der Waals surface area contributed by atoms with E-state index in [1.807, 2.05) is 13.0 Å². The molecule has 1 aliphatic carbocycles. The number of hydrazine groups is 1. The number of hydrogen-bond acceptors (Lipinski definition) is 3. The van der Waals surface area contributed by atoms with Crippen LogP contribution in [0.3, 0.4) is 0 Å². The molecule has 2 rings (SSSR count). The minimum atomic E-state index is -0.299. The minimum Gasteiger partial charge on any atom is -0.302 e. The molecule has 100 valence electrons. The molecular weight excluding hydrogens is 262 g/mol. The smallest absolute Gasteiger partial charge is 0.269 e. The summed E-state index contributed by atoms with van der Waals surface area (Å²) in [5.74, 6) is -0.318. The Bertz CT molecular complexity index is 526. The quantitative estimate of drug-likeness (QED) is 0.558. The van der Waals surface area contributed by atoms with Gasteiger partial charge in [0.05, 0.1) is 0 Å². The molecule has 1 aromatic carbocycles. The second-order valence-electron chi connectivity index (χ2n) is 4.54. The molecule has 1 aromatic rings. The fraction of sp³-hybridized carbons (Fsp3) is 0.308. The third kappa shape index (κ3) is 4.03. The Morgan fingerprint density at radius 3 is 2.63 bits per heavy atom. The first kappa shape index (κ1) is 13.5. The van der Waals surface area contributed by atoms with Crippen molar-refractivity contribution in [2.75, 3.05) is 0 Å². The molecule has 3 N–H and O–H groups in total. The Hall–Kier alpha value is -1.95. The third-order valence-electron chi connectivity index (χ3n) is 2.75. The Morgan fingerprint density at radius 2 is 2.00 bits per heavy atom. The van der Waals surface area contributed by atoms with Crippen molar-refractivity contribution >= 4 is 29.1 Å². The van der Waals surface area contributed by atoms with Crippen LogP contribution < -0.4 is 16.2 Å². The molecule has 1 aliphatic rings. The molecular formula is C13H15N3O2S. The lowest BCUT2D eigenvalue weighted by molar-refractivity contribution is -0.120. The van der Waals surface area contributed by atoms with E-state index in [-0.39, 0.29) is 22.8 Å². The predicted molar refractivity (Wildman–Crippen MR) is 75.2 cm³/mol. The molecule has 5 nitrogen and oxygen atoms in total. The highest BCUT2D eigenvalue weighted by molar-refractivity contribution is 7.80. The van der Waals surface area contributed by atoms with Gasteiger partial charge < -0.3 is 5.32 Å². The largest absolute Gasteiger partial charge is 0.302 e. The number of amides is 2. The van der Waals surface area contributed by atoms with E-state index < -0.39 is 0 Å². The summed E-state index contributed by atoms with van der Waals surface area (Å²) in [7, 11) is 0. The number of carbonyl (C=O) groups excluding carboxylic acids is 2. The first-order chi connectivity index (χ1) is 9.06. The molecule has 0 heterocycles. The van der Waals surface area contributed by atoms with Gasteiger partial charge in [0.15, 0.2) is 5.11 Å². The van der Waals surface area contributed by atoms with Gasteiger partial charge in [-0.2, -0.15) is 0 Å². The maximum absolute atomic E-state index is 11.8. The van der Waals surface area contributed by atoms with Crippen LogP contribution in [-0.2, 0) is 4.79 Å². The highest BCUT2D eigenvalue weighted by Gasteiger charge is 2.30. The van der Waals surface area contributed by atoms with E-state index in [1.165, 1.54) is 0 Å². The van der Waals surface area contributed by atoms with Gasteiger partial charge in [-0.05, 0) is 44.1 Å². The van der Waals surface area contributed by atoms with Gasteiger partial charge in [0.2, 0.25) is 5.91 Å². The van der Waals surface area contributed by atoms with E-state index in [0.29, 0.717) is 5.56 Å². The van der Waals surface area contributed by atoms with E-state index >= 15 is 0 Å². The van der Waals surface area contributed by atoms with Crippen molar-refractivity contribution in [2.24, 2.45) is 5.92 Å². The van der Waals surface area contributed by atoms with E-state index in [1.54, 1.807) is 18.2 Å². The van der Waals surface area contributed by atoms with Crippen molar-refractivity contribution in [3.63, 3.8) is 0 Å². The Labute approximate surface area is 116 Å². The Kier molecular flexibility index (Phi) is 4.11. The van der Waals surface area contributed by atoms with E-state index in [2.05, 4.69) is 16.2 Å². The second kappa shape index (κ2) is 5.79. The number of nitrogens with one attached hydrogen (secondary N) is 3. The Balaban J connectivity index is 1.79. The van der Waals surface area contributed by atoms with E-state index in [9.17, 15) is 9.59 Å². The van der Waals surface area contributed by atoms with Gasteiger partial charge in [-0.15, -0.1) is 0 Å². The van der Waals surface area contributed by atoms with Crippen molar-refractivity contribution in [3.05, 3.63) is 35.4 Å². The maximum Gasteiger partial charge on any atom is 0.269 e. The predicted octanol–water partition coefficient (Wildman–Crippen LogP) is 1.04. The van der Waals surface area contributed by atoms with Crippen LogP contribution in [0.15, 0.2) is 24.3 Å². The molecule has 0 atom stereocenters. The summed E-state index contributed by atoms with van der Waals surface area (Å²) < 4.78 is 0. The van der Waals surface area contributed by atoms with Crippen LogP contribution in [0.4, 0.5) is 0 Å². The lowest BCUT2D eigenvalue weighted by Gasteiger charge is -2.10. The molecule has 0 spiro atoms. The third-order valence-corrected chi connectivity index (χ3v) is 2.96. The second-order valence-corrected chi connectivity index (χ2v) is 4.95. The van der Waals surface area contributed by atoms with Crippen LogP contribution in [0.2, 0.25) is 0 Å². The summed E-state index contributed by atoms with van der Waals surface area (Å²) in [4.78, 5) is 23.2. The van der Waals surface area contributed by atoms with Crippen LogP contribution in [0.1, 0.15) is 28.8 Å². The summed E-state index contributed by atoms with van der Waals surface area (Å²) in [6, 6.07) is 7.18. The summed E-state index contributed by atoms with van der Waals surface area (Å²) in [6.07, 6.45) is 1.81. The number of carbonyl (C=O) groups is 2. The monoisotopic (exact) mass is 277 g/mol. The number of hydrogen-bond donors (Lipinski definition) is 3. The fourth-order valence-electron chi connectivity index (χ4n) is 1.56.